The van der Waals surface area contributed by atoms with Crippen LogP contribution in [-0.2, 0) is 0 Å². The molecule has 0 atom stereocenters. The van der Waals surface area contributed by atoms with Crippen LogP contribution in [0.3, 0.4) is 0 Å². The fourth-order valence-electron chi connectivity index (χ4n) is 6.78. The maximum absolute atomic E-state index is 6.17. The van der Waals surface area contributed by atoms with Crippen LogP contribution in [0.5, 0.6) is 0 Å². The molecule has 0 saturated heterocycles. The summed E-state index contributed by atoms with van der Waals surface area (Å²) in [5.74, 6) is 0. The van der Waals surface area contributed by atoms with E-state index in [4.69, 9.17) is 4.42 Å². The van der Waals surface area contributed by atoms with Crippen molar-refractivity contribution in [2.45, 2.75) is 0 Å². The lowest BCUT2D eigenvalue weighted by Crippen LogP contribution is -1.98. The van der Waals surface area contributed by atoms with E-state index in [-0.39, 0.29) is 0 Å². The highest BCUT2D eigenvalue weighted by molar-refractivity contribution is 6.14. The summed E-state index contributed by atoms with van der Waals surface area (Å²) in [5.41, 5.74) is 12.6. The minimum absolute atomic E-state index is 0.915. The van der Waals surface area contributed by atoms with E-state index in [1.807, 2.05) is 12.1 Å². The quantitative estimate of drug-likeness (QED) is 0.209. The molecule has 0 aliphatic heterocycles. The Morgan fingerprint density at radius 2 is 0.977 bits per heavy atom. The summed E-state index contributed by atoms with van der Waals surface area (Å²) >= 11 is 0. The van der Waals surface area contributed by atoms with Gasteiger partial charge in [-0.05, 0) is 52.6 Å². The number of aromatic nitrogens is 1. The van der Waals surface area contributed by atoms with Crippen molar-refractivity contribution in [3.63, 3.8) is 0 Å². The zero-order valence-electron chi connectivity index (χ0n) is 23.9. The van der Waals surface area contributed by atoms with Crippen molar-refractivity contribution < 1.29 is 4.42 Å². The lowest BCUT2D eigenvalue weighted by atomic mass is 9.98. The van der Waals surface area contributed by atoms with Crippen LogP contribution >= 0.6 is 0 Å². The molecule has 2 nitrogen and oxygen atoms in total. The van der Waals surface area contributed by atoms with Crippen molar-refractivity contribution in [2.24, 2.45) is 0 Å². The molecule has 0 amide bonds. The van der Waals surface area contributed by atoms with Crippen LogP contribution in [0.15, 0.2) is 168 Å². The van der Waals surface area contributed by atoms with Gasteiger partial charge in [0, 0.05) is 32.7 Å². The summed E-state index contributed by atoms with van der Waals surface area (Å²) < 4.78 is 8.62. The van der Waals surface area contributed by atoms with Crippen molar-refractivity contribution >= 4 is 43.7 Å². The van der Waals surface area contributed by atoms with Crippen LogP contribution in [0.25, 0.3) is 82.8 Å². The Labute approximate surface area is 255 Å². The number of para-hydroxylation sites is 4. The largest absolute Gasteiger partial charge is 0.456 e. The van der Waals surface area contributed by atoms with E-state index in [0.717, 1.165) is 33.1 Å². The minimum atomic E-state index is 0.915. The highest BCUT2D eigenvalue weighted by Gasteiger charge is 2.18. The SMILES string of the molecule is c1ccc(-c2cccc3c4ccccc4n(-c4ccccc4-c4ccc(-c5ccc6c(c5)oc5ccccc56)cc4)c23)cc1. The molecule has 0 aliphatic rings. The van der Waals surface area contributed by atoms with Crippen LogP contribution in [0.1, 0.15) is 0 Å². The number of hydrogen-bond acceptors (Lipinski definition) is 1. The van der Waals surface area contributed by atoms with E-state index in [0.29, 0.717) is 0 Å². The average molecular weight is 562 g/mol. The molecule has 0 N–H and O–H groups in total. The molecule has 0 fully saturated rings. The molecule has 206 valence electrons. The smallest absolute Gasteiger partial charge is 0.136 e. The van der Waals surface area contributed by atoms with E-state index in [2.05, 4.69) is 156 Å². The van der Waals surface area contributed by atoms with Gasteiger partial charge in [-0.2, -0.15) is 0 Å². The molecular weight excluding hydrogens is 534 g/mol. The van der Waals surface area contributed by atoms with Crippen LogP contribution in [0, 0.1) is 0 Å². The number of furan rings is 1. The fraction of sp³-hybridized carbons (Fsp3) is 0. The number of hydrogen-bond donors (Lipinski definition) is 0. The van der Waals surface area contributed by atoms with Crippen molar-refractivity contribution in [2.75, 3.05) is 0 Å². The summed E-state index contributed by atoms with van der Waals surface area (Å²) in [6.45, 7) is 0. The predicted molar refractivity (Wildman–Crippen MR) is 184 cm³/mol. The van der Waals surface area contributed by atoms with Gasteiger partial charge in [0.15, 0.2) is 0 Å². The summed E-state index contributed by atoms with van der Waals surface area (Å²) in [5, 5.41) is 4.82. The van der Waals surface area contributed by atoms with E-state index in [1.54, 1.807) is 0 Å². The van der Waals surface area contributed by atoms with Crippen molar-refractivity contribution in [3.8, 4) is 39.1 Å². The maximum Gasteiger partial charge on any atom is 0.136 e. The third-order valence-electron chi connectivity index (χ3n) is 8.83. The predicted octanol–water partition coefficient (Wildman–Crippen LogP) is 11.7. The Morgan fingerprint density at radius 1 is 0.364 bits per heavy atom. The first-order valence-corrected chi connectivity index (χ1v) is 15.0. The number of nitrogens with zero attached hydrogens (tertiary/aromatic N) is 1. The molecule has 44 heavy (non-hydrogen) atoms. The molecule has 0 aliphatic carbocycles. The van der Waals surface area contributed by atoms with Gasteiger partial charge < -0.3 is 8.98 Å². The van der Waals surface area contributed by atoms with Gasteiger partial charge in [-0.15, -0.1) is 0 Å². The molecule has 0 spiro atoms. The van der Waals surface area contributed by atoms with Gasteiger partial charge in [-0.25, -0.2) is 0 Å². The molecule has 2 heterocycles. The second kappa shape index (κ2) is 9.86. The number of benzene rings is 7. The van der Waals surface area contributed by atoms with Crippen LogP contribution < -0.4 is 0 Å². The fourth-order valence-corrected chi connectivity index (χ4v) is 6.78. The monoisotopic (exact) mass is 561 g/mol. The van der Waals surface area contributed by atoms with Gasteiger partial charge in [-0.3, -0.25) is 0 Å². The average Bonchev–Trinajstić information content (AvgIpc) is 3.64. The molecule has 7 aromatic carbocycles. The first kappa shape index (κ1) is 24.7. The highest BCUT2D eigenvalue weighted by Crippen LogP contribution is 2.41. The van der Waals surface area contributed by atoms with E-state index in [1.165, 1.54) is 49.7 Å². The van der Waals surface area contributed by atoms with Crippen LogP contribution in [0.4, 0.5) is 0 Å². The zero-order valence-corrected chi connectivity index (χ0v) is 23.9. The second-order valence-corrected chi connectivity index (χ2v) is 11.3. The lowest BCUT2D eigenvalue weighted by Gasteiger charge is -2.16. The molecule has 0 unspecified atom stereocenters. The molecule has 9 rings (SSSR count). The Balaban J connectivity index is 1.20. The van der Waals surface area contributed by atoms with Crippen molar-refractivity contribution in [1.82, 2.24) is 4.57 Å². The summed E-state index contributed by atoms with van der Waals surface area (Å²) in [6, 6.07) is 58.5. The Morgan fingerprint density at radius 3 is 1.86 bits per heavy atom. The molecule has 0 bridgehead atoms. The molecular formula is C42H27NO. The standard InChI is InChI=1S/C42H27NO/c1-2-11-29(12-3-1)33-16-10-17-37-34-14-5-8-19-39(34)43(42(33)37)38-18-7-4-13-32(38)30-23-21-28(22-24-30)31-25-26-36-35-15-6-9-20-40(35)44-41(36)27-31/h1-27H. The molecule has 0 radical (unpaired) electrons. The second-order valence-electron chi connectivity index (χ2n) is 11.3. The third kappa shape index (κ3) is 3.82. The maximum atomic E-state index is 6.17. The van der Waals surface area contributed by atoms with E-state index in [9.17, 15) is 0 Å². The van der Waals surface area contributed by atoms with Gasteiger partial charge in [-0.1, -0.05) is 133 Å². The van der Waals surface area contributed by atoms with E-state index >= 15 is 0 Å². The highest BCUT2D eigenvalue weighted by atomic mass is 16.3. The number of rotatable bonds is 4. The third-order valence-corrected chi connectivity index (χ3v) is 8.83. The summed E-state index contributed by atoms with van der Waals surface area (Å²) in [6.07, 6.45) is 0. The molecule has 2 heteroatoms. The van der Waals surface area contributed by atoms with Gasteiger partial charge in [0.2, 0.25) is 0 Å². The lowest BCUT2D eigenvalue weighted by molar-refractivity contribution is 0.669. The van der Waals surface area contributed by atoms with Crippen molar-refractivity contribution in [1.29, 1.82) is 0 Å². The molecule has 9 aromatic rings. The van der Waals surface area contributed by atoms with Crippen LogP contribution in [0.2, 0.25) is 0 Å². The van der Waals surface area contributed by atoms with Crippen molar-refractivity contribution in [3.05, 3.63) is 164 Å². The van der Waals surface area contributed by atoms with Gasteiger partial charge in [0.05, 0.1) is 16.7 Å². The first-order chi connectivity index (χ1) is 21.8. The zero-order chi connectivity index (χ0) is 29.0. The molecule has 0 saturated carbocycles. The normalized spacial score (nSPS) is 11.6. The minimum Gasteiger partial charge on any atom is -0.456 e. The Bertz CT molecular complexity index is 2480. The van der Waals surface area contributed by atoms with Gasteiger partial charge in [0.1, 0.15) is 11.2 Å². The Hall–Kier alpha value is -5.86. The van der Waals surface area contributed by atoms with Gasteiger partial charge >= 0.3 is 0 Å². The summed E-state index contributed by atoms with van der Waals surface area (Å²) in [4.78, 5) is 0. The topological polar surface area (TPSA) is 18.1 Å². The van der Waals surface area contributed by atoms with E-state index < -0.39 is 0 Å². The molecule has 2 aromatic heterocycles. The Kier molecular flexibility index (Phi) is 5.54. The van der Waals surface area contributed by atoms with Gasteiger partial charge in [0.25, 0.3) is 0 Å². The first-order valence-electron chi connectivity index (χ1n) is 15.0. The van der Waals surface area contributed by atoms with Crippen LogP contribution in [-0.4, -0.2) is 4.57 Å². The summed E-state index contributed by atoms with van der Waals surface area (Å²) in [7, 11) is 0. The number of fused-ring (bicyclic) bond motifs is 6.